The Kier molecular flexibility index (Phi) is 38.8. The number of unbranched alkanes of at least 4 members (excludes halogenated alkanes) is 26. The molecule has 3 N–H and O–H groups in total. The number of allylic oxidation sites excluding steroid dienone is 3. The largest absolute Gasteiger partial charge is 0.466 e. The minimum Gasteiger partial charge on any atom is -0.466 e. The molecule has 0 radical (unpaired) electrons. The Balaban J connectivity index is 3.55. The first-order valence-corrected chi connectivity index (χ1v) is 21.6. The van der Waals surface area contributed by atoms with Gasteiger partial charge in [0.25, 0.3) is 0 Å². The van der Waals surface area contributed by atoms with Crippen LogP contribution in [-0.2, 0) is 14.3 Å². The molecule has 0 aromatic rings. The number of esters is 1. The van der Waals surface area contributed by atoms with Crippen LogP contribution < -0.4 is 5.32 Å². The summed E-state index contributed by atoms with van der Waals surface area (Å²) in [5, 5.41) is 22.8. The number of aliphatic hydroxyl groups excluding tert-OH is 2. The van der Waals surface area contributed by atoms with Crippen LogP contribution in [0.4, 0.5) is 0 Å². The van der Waals surface area contributed by atoms with Crippen LogP contribution in [0.25, 0.3) is 0 Å². The average Bonchev–Trinajstić information content (AvgIpc) is 3.11. The first-order valence-electron chi connectivity index (χ1n) is 21.6. The van der Waals surface area contributed by atoms with Crippen LogP contribution in [-0.4, -0.2) is 47.4 Å². The van der Waals surface area contributed by atoms with E-state index in [1.807, 2.05) is 6.08 Å². The van der Waals surface area contributed by atoms with Gasteiger partial charge in [-0.15, -0.1) is 0 Å². The molecule has 0 aliphatic heterocycles. The van der Waals surface area contributed by atoms with Crippen molar-refractivity contribution in [3.63, 3.8) is 0 Å². The predicted octanol–water partition coefficient (Wildman–Crippen LogP) is 12.0. The second kappa shape index (κ2) is 40.1. The Labute approximate surface area is 310 Å². The molecule has 0 saturated carbocycles. The van der Waals surface area contributed by atoms with Crippen LogP contribution in [0, 0.1) is 0 Å². The molecule has 6 nitrogen and oxygen atoms in total. The van der Waals surface area contributed by atoms with Gasteiger partial charge in [-0.05, 0) is 64.2 Å². The highest BCUT2D eigenvalue weighted by molar-refractivity contribution is 5.76. The van der Waals surface area contributed by atoms with Crippen molar-refractivity contribution in [1.29, 1.82) is 0 Å². The lowest BCUT2D eigenvalue weighted by atomic mass is 10.1. The van der Waals surface area contributed by atoms with Gasteiger partial charge in [0.15, 0.2) is 0 Å². The van der Waals surface area contributed by atoms with Crippen molar-refractivity contribution < 1.29 is 24.5 Å². The summed E-state index contributed by atoms with van der Waals surface area (Å²) in [6, 6.07) is -0.643. The van der Waals surface area contributed by atoms with Gasteiger partial charge in [0.05, 0.1) is 25.4 Å². The fourth-order valence-electron chi connectivity index (χ4n) is 6.33. The molecule has 2 unspecified atom stereocenters. The number of nitrogens with one attached hydrogen (secondary N) is 1. The number of carbonyl (C=O) groups is 2. The van der Waals surface area contributed by atoms with E-state index in [1.165, 1.54) is 109 Å². The van der Waals surface area contributed by atoms with Crippen molar-refractivity contribution >= 4 is 11.9 Å². The quantitative estimate of drug-likeness (QED) is 0.0336. The van der Waals surface area contributed by atoms with E-state index in [2.05, 4.69) is 31.3 Å². The second-order valence-corrected chi connectivity index (χ2v) is 14.7. The van der Waals surface area contributed by atoms with Gasteiger partial charge in [-0.25, -0.2) is 0 Å². The number of amides is 1. The van der Waals surface area contributed by atoms with Gasteiger partial charge in [0.2, 0.25) is 5.91 Å². The highest BCUT2D eigenvalue weighted by Crippen LogP contribution is 2.14. The lowest BCUT2D eigenvalue weighted by molar-refractivity contribution is -0.143. The third-order valence-electron chi connectivity index (χ3n) is 9.72. The Morgan fingerprint density at radius 3 is 1.42 bits per heavy atom. The number of carbonyl (C=O) groups excluding carboxylic acids is 2. The molecule has 0 saturated heterocycles. The molecule has 0 aromatic carbocycles. The second-order valence-electron chi connectivity index (χ2n) is 14.7. The van der Waals surface area contributed by atoms with Gasteiger partial charge < -0.3 is 20.3 Å². The van der Waals surface area contributed by atoms with E-state index in [9.17, 15) is 19.8 Å². The van der Waals surface area contributed by atoms with Crippen LogP contribution in [0.5, 0.6) is 0 Å². The Bertz CT molecular complexity index is 782. The topological polar surface area (TPSA) is 95.9 Å². The maximum atomic E-state index is 12.3. The van der Waals surface area contributed by atoms with Gasteiger partial charge in [-0.3, -0.25) is 9.59 Å². The van der Waals surface area contributed by atoms with E-state index < -0.39 is 12.1 Å². The van der Waals surface area contributed by atoms with Crippen molar-refractivity contribution in [2.24, 2.45) is 0 Å². The summed E-state index contributed by atoms with van der Waals surface area (Å²) in [5.74, 6) is -0.123. The zero-order chi connectivity index (χ0) is 36.6. The first-order chi connectivity index (χ1) is 24.5. The molecule has 0 aliphatic carbocycles. The minimum absolute atomic E-state index is 0.0260. The first kappa shape index (κ1) is 48.3. The van der Waals surface area contributed by atoms with E-state index in [1.54, 1.807) is 6.08 Å². The third kappa shape index (κ3) is 36.1. The van der Waals surface area contributed by atoms with Crippen LogP contribution in [0.2, 0.25) is 0 Å². The SMILES string of the molecule is CCCCCCCCCC/C=C/C(O)C(CO)NC(=O)CCCCCCC/C=C\CCCCCOC(=O)CCCCCCCCCCCCC. The number of hydrogen-bond acceptors (Lipinski definition) is 5. The molecular weight excluding hydrogens is 622 g/mol. The van der Waals surface area contributed by atoms with E-state index in [0.717, 1.165) is 83.5 Å². The van der Waals surface area contributed by atoms with Gasteiger partial charge in [0, 0.05) is 12.8 Å². The van der Waals surface area contributed by atoms with Crippen molar-refractivity contribution in [1.82, 2.24) is 5.32 Å². The monoisotopic (exact) mass is 706 g/mol. The molecular formula is C44H83NO5. The summed E-state index contributed by atoms with van der Waals surface area (Å²) in [7, 11) is 0. The number of aliphatic hydroxyl groups is 2. The Morgan fingerprint density at radius 2 is 0.940 bits per heavy atom. The van der Waals surface area contributed by atoms with E-state index >= 15 is 0 Å². The van der Waals surface area contributed by atoms with Gasteiger partial charge in [0.1, 0.15) is 0 Å². The van der Waals surface area contributed by atoms with Crippen molar-refractivity contribution in [3.8, 4) is 0 Å². The molecule has 0 spiro atoms. The smallest absolute Gasteiger partial charge is 0.305 e. The number of rotatable bonds is 39. The van der Waals surface area contributed by atoms with Crippen molar-refractivity contribution in [2.75, 3.05) is 13.2 Å². The highest BCUT2D eigenvalue weighted by Gasteiger charge is 2.18. The minimum atomic E-state index is -0.857. The molecule has 0 aliphatic rings. The summed E-state index contributed by atoms with van der Waals surface area (Å²) in [5.41, 5.74) is 0. The van der Waals surface area contributed by atoms with Crippen molar-refractivity contribution in [3.05, 3.63) is 24.3 Å². The van der Waals surface area contributed by atoms with Crippen LogP contribution in [0.1, 0.15) is 219 Å². The summed E-state index contributed by atoms with van der Waals surface area (Å²) in [4.78, 5) is 24.3. The molecule has 1 amide bonds. The van der Waals surface area contributed by atoms with Crippen molar-refractivity contribution in [2.45, 2.75) is 231 Å². The van der Waals surface area contributed by atoms with Crippen LogP contribution in [0.15, 0.2) is 24.3 Å². The van der Waals surface area contributed by atoms with Gasteiger partial charge in [-0.1, -0.05) is 167 Å². The molecule has 0 bridgehead atoms. The molecule has 0 aromatic heterocycles. The zero-order valence-electron chi connectivity index (χ0n) is 33.1. The third-order valence-corrected chi connectivity index (χ3v) is 9.72. The van der Waals surface area contributed by atoms with Crippen LogP contribution >= 0.6 is 0 Å². The summed E-state index contributed by atoms with van der Waals surface area (Å²) in [6.07, 6.45) is 44.5. The lowest BCUT2D eigenvalue weighted by Gasteiger charge is -2.20. The van der Waals surface area contributed by atoms with Gasteiger partial charge in [-0.2, -0.15) is 0 Å². The molecule has 294 valence electrons. The zero-order valence-corrected chi connectivity index (χ0v) is 33.1. The normalized spacial score (nSPS) is 13.0. The highest BCUT2D eigenvalue weighted by atomic mass is 16.5. The predicted molar refractivity (Wildman–Crippen MR) is 213 cm³/mol. The number of ether oxygens (including phenoxy) is 1. The molecule has 6 heteroatoms. The maximum absolute atomic E-state index is 12.3. The average molecular weight is 706 g/mol. The van der Waals surface area contributed by atoms with E-state index in [0.29, 0.717) is 19.4 Å². The maximum Gasteiger partial charge on any atom is 0.305 e. The van der Waals surface area contributed by atoms with Crippen LogP contribution in [0.3, 0.4) is 0 Å². The van der Waals surface area contributed by atoms with Gasteiger partial charge >= 0.3 is 5.97 Å². The summed E-state index contributed by atoms with van der Waals surface area (Å²) < 4.78 is 5.41. The summed E-state index contributed by atoms with van der Waals surface area (Å²) in [6.45, 7) is 4.80. The fourth-order valence-corrected chi connectivity index (χ4v) is 6.33. The molecule has 0 heterocycles. The summed E-state index contributed by atoms with van der Waals surface area (Å²) >= 11 is 0. The Hall–Kier alpha value is -1.66. The fraction of sp³-hybridized carbons (Fsp3) is 0.864. The van der Waals surface area contributed by atoms with E-state index in [-0.39, 0.29) is 18.5 Å². The molecule has 0 rings (SSSR count). The molecule has 0 fully saturated rings. The lowest BCUT2D eigenvalue weighted by Crippen LogP contribution is -2.45. The number of hydrogen-bond donors (Lipinski definition) is 3. The molecule has 2 atom stereocenters. The Morgan fingerprint density at radius 1 is 0.540 bits per heavy atom. The standard InChI is InChI=1S/C44H83NO5/c1-3-5-7-9-11-13-17-22-26-30-34-38-44(49)50-39-35-31-27-23-19-16-15-18-21-25-29-33-37-43(48)45-41(40-46)42(47)36-32-28-24-20-14-12-10-8-6-4-2/h16,19,32,36,41-42,46-47H,3-15,17-18,20-31,33-35,37-40H2,1-2H3,(H,45,48)/b19-16-,36-32+. The molecule has 50 heavy (non-hydrogen) atoms. The van der Waals surface area contributed by atoms with E-state index in [4.69, 9.17) is 4.74 Å².